The standard InChI is InChI=1S/C13H12N2O3/c14-7-9-2-1-3-10(6-9)8-15-11(16)13(4-5-13)12(17)18/h1-3,6H,4-5,8H2,(H,15,16)(H,17,18). The molecule has 0 aromatic heterocycles. The second kappa shape index (κ2) is 4.49. The van der Waals surface area contributed by atoms with Crippen molar-refractivity contribution in [3.8, 4) is 6.07 Å². The van der Waals surface area contributed by atoms with Crippen LogP contribution < -0.4 is 5.32 Å². The predicted molar refractivity (Wildman–Crippen MR) is 62.3 cm³/mol. The van der Waals surface area contributed by atoms with Gasteiger partial charge in [0.15, 0.2) is 0 Å². The predicted octanol–water partition coefficient (Wildman–Crippen LogP) is 1.04. The molecule has 92 valence electrons. The lowest BCUT2D eigenvalue weighted by Crippen LogP contribution is -2.36. The molecule has 2 rings (SSSR count). The average molecular weight is 244 g/mol. The van der Waals surface area contributed by atoms with Gasteiger partial charge in [-0.05, 0) is 30.5 Å². The van der Waals surface area contributed by atoms with E-state index in [4.69, 9.17) is 10.4 Å². The van der Waals surface area contributed by atoms with Gasteiger partial charge in [-0.1, -0.05) is 12.1 Å². The van der Waals surface area contributed by atoms with Gasteiger partial charge in [0.25, 0.3) is 0 Å². The number of rotatable bonds is 4. The Morgan fingerprint density at radius 3 is 2.72 bits per heavy atom. The molecule has 0 saturated heterocycles. The summed E-state index contributed by atoms with van der Waals surface area (Å²) in [6.45, 7) is 0.239. The van der Waals surface area contributed by atoms with Crippen LogP contribution in [-0.4, -0.2) is 17.0 Å². The van der Waals surface area contributed by atoms with E-state index in [-0.39, 0.29) is 6.54 Å². The highest BCUT2D eigenvalue weighted by molar-refractivity contribution is 6.04. The first-order valence-corrected chi connectivity index (χ1v) is 5.59. The number of nitriles is 1. The second-order valence-corrected chi connectivity index (χ2v) is 4.38. The first-order chi connectivity index (χ1) is 8.58. The van der Waals surface area contributed by atoms with Crippen LogP contribution in [0, 0.1) is 16.7 Å². The quantitative estimate of drug-likeness (QED) is 0.774. The van der Waals surface area contributed by atoms with Gasteiger partial charge >= 0.3 is 5.97 Å². The molecule has 1 fully saturated rings. The van der Waals surface area contributed by atoms with Crippen molar-refractivity contribution in [3.63, 3.8) is 0 Å². The van der Waals surface area contributed by atoms with E-state index >= 15 is 0 Å². The lowest BCUT2D eigenvalue weighted by molar-refractivity contribution is -0.149. The van der Waals surface area contributed by atoms with E-state index in [1.807, 2.05) is 6.07 Å². The van der Waals surface area contributed by atoms with Gasteiger partial charge in [0.05, 0.1) is 11.6 Å². The number of hydrogen-bond acceptors (Lipinski definition) is 3. The third-order valence-electron chi connectivity index (χ3n) is 3.10. The summed E-state index contributed by atoms with van der Waals surface area (Å²) in [7, 11) is 0. The summed E-state index contributed by atoms with van der Waals surface area (Å²) in [4.78, 5) is 22.7. The normalized spacial score (nSPS) is 15.5. The van der Waals surface area contributed by atoms with Crippen molar-refractivity contribution in [2.75, 3.05) is 0 Å². The zero-order chi connectivity index (χ0) is 13.2. The van der Waals surface area contributed by atoms with Crippen molar-refractivity contribution in [1.29, 1.82) is 5.26 Å². The largest absolute Gasteiger partial charge is 0.480 e. The van der Waals surface area contributed by atoms with Crippen LogP contribution in [0.25, 0.3) is 0 Å². The molecule has 0 radical (unpaired) electrons. The summed E-state index contributed by atoms with van der Waals surface area (Å²) in [5.41, 5.74) is 0.0806. The van der Waals surface area contributed by atoms with Crippen LogP contribution in [0.4, 0.5) is 0 Å². The topological polar surface area (TPSA) is 90.2 Å². The zero-order valence-corrected chi connectivity index (χ0v) is 9.64. The maximum atomic E-state index is 11.7. The van der Waals surface area contributed by atoms with Crippen LogP contribution in [0.2, 0.25) is 0 Å². The van der Waals surface area contributed by atoms with Crippen molar-refractivity contribution in [2.45, 2.75) is 19.4 Å². The number of carboxylic acids is 1. The van der Waals surface area contributed by atoms with E-state index in [1.165, 1.54) is 0 Å². The van der Waals surface area contributed by atoms with Crippen LogP contribution >= 0.6 is 0 Å². The minimum absolute atomic E-state index is 0.239. The van der Waals surface area contributed by atoms with Crippen molar-refractivity contribution in [2.24, 2.45) is 5.41 Å². The Bertz CT molecular complexity index is 541. The van der Waals surface area contributed by atoms with Gasteiger partial charge in [-0.2, -0.15) is 5.26 Å². The molecule has 5 nitrogen and oxygen atoms in total. The lowest BCUT2D eigenvalue weighted by Gasteiger charge is -2.10. The summed E-state index contributed by atoms with van der Waals surface area (Å²) in [6, 6.07) is 8.85. The molecule has 0 atom stereocenters. The fourth-order valence-electron chi connectivity index (χ4n) is 1.77. The molecule has 0 spiro atoms. The molecule has 1 saturated carbocycles. The van der Waals surface area contributed by atoms with E-state index in [1.54, 1.807) is 24.3 Å². The third kappa shape index (κ3) is 2.18. The molecule has 1 aliphatic rings. The maximum Gasteiger partial charge on any atom is 0.319 e. The molecule has 0 bridgehead atoms. The fourth-order valence-corrected chi connectivity index (χ4v) is 1.77. The number of carbonyl (C=O) groups is 2. The highest BCUT2D eigenvalue weighted by Crippen LogP contribution is 2.46. The molecule has 0 aliphatic heterocycles. The molecular weight excluding hydrogens is 232 g/mol. The number of carboxylic acid groups (broad SMARTS) is 1. The SMILES string of the molecule is N#Cc1cccc(CNC(=O)C2(C(=O)O)CC2)c1. The van der Waals surface area contributed by atoms with Gasteiger partial charge in [0, 0.05) is 6.54 Å². The van der Waals surface area contributed by atoms with Crippen molar-refractivity contribution in [1.82, 2.24) is 5.32 Å². The first kappa shape index (κ1) is 12.1. The molecular formula is C13H12N2O3. The smallest absolute Gasteiger partial charge is 0.319 e. The molecule has 0 unspecified atom stereocenters. The summed E-state index contributed by atoms with van der Waals surface area (Å²) in [6.07, 6.45) is 0.790. The molecule has 1 aromatic carbocycles. The van der Waals surface area contributed by atoms with Crippen molar-refractivity contribution >= 4 is 11.9 Å². The summed E-state index contributed by atoms with van der Waals surface area (Å²) in [5.74, 6) is -1.51. The van der Waals surface area contributed by atoms with Gasteiger partial charge in [-0.3, -0.25) is 9.59 Å². The molecule has 0 heterocycles. The summed E-state index contributed by atoms with van der Waals surface area (Å²) < 4.78 is 0. The second-order valence-electron chi connectivity index (χ2n) is 4.38. The van der Waals surface area contributed by atoms with Crippen molar-refractivity contribution < 1.29 is 14.7 Å². The molecule has 18 heavy (non-hydrogen) atoms. The van der Waals surface area contributed by atoms with E-state index in [9.17, 15) is 9.59 Å². The Kier molecular flexibility index (Phi) is 3.02. The summed E-state index contributed by atoms with van der Waals surface area (Å²) in [5, 5.41) is 20.3. The van der Waals surface area contributed by atoms with Gasteiger partial charge in [0.1, 0.15) is 5.41 Å². The van der Waals surface area contributed by atoms with E-state index in [2.05, 4.69) is 5.32 Å². The number of hydrogen-bond donors (Lipinski definition) is 2. The Morgan fingerprint density at radius 1 is 1.44 bits per heavy atom. The van der Waals surface area contributed by atoms with Gasteiger partial charge in [0.2, 0.25) is 5.91 Å². The highest BCUT2D eigenvalue weighted by Gasteiger charge is 2.56. The average Bonchev–Trinajstić information content (AvgIpc) is 3.17. The Balaban J connectivity index is 1.98. The lowest BCUT2D eigenvalue weighted by atomic mass is 10.1. The molecule has 2 N–H and O–H groups in total. The Labute approximate surface area is 104 Å². The Morgan fingerprint density at radius 2 is 2.17 bits per heavy atom. The molecule has 1 amide bonds. The summed E-state index contributed by atoms with van der Waals surface area (Å²) >= 11 is 0. The first-order valence-electron chi connectivity index (χ1n) is 5.59. The number of nitrogens with zero attached hydrogens (tertiary/aromatic N) is 1. The molecule has 1 aliphatic carbocycles. The van der Waals surface area contributed by atoms with Crippen LogP contribution in [-0.2, 0) is 16.1 Å². The minimum Gasteiger partial charge on any atom is -0.480 e. The van der Waals surface area contributed by atoms with E-state index < -0.39 is 17.3 Å². The Hall–Kier alpha value is -2.35. The zero-order valence-electron chi connectivity index (χ0n) is 9.64. The number of amides is 1. The number of benzene rings is 1. The van der Waals surface area contributed by atoms with E-state index in [0.717, 1.165) is 5.56 Å². The van der Waals surface area contributed by atoms with Crippen LogP contribution in [0.15, 0.2) is 24.3 Å². The van der Waals surface area contributed by atoms with Crippen LogP contribution in [0.5, 0.6) is 0 Å². The number of carbonyl (C=O) groups excluding carboxylic acids is 1. The van der Waals surface area contributed by atoms with E-state index in [0.29, 0.717) is 18.4 Å². The third-order valence-corrected chi connectivity index (χ3v) is 3.10. The van der Waals surface area contributed by atoms with Crippen LogP contribution in [0.1, 0.15) is 24.0 Å². The van der Waals surface area contributed by atoms with Crippen molar-refractivity contribution in [3.05, 3.63) is 35.4 Å². The maximum absolute atomic E-state index is 11.7. The van der Waals surface area contributed by atoms with Gasteiger partial charge in [-0.25, -0.2) is 0 Å². The minimum atomic E-state index is -1.22. The van der Waals surface area contributed by atoms with Gasteiger partial charge < -0.3 is 10.4 Å². The number of nitrogens with one attached hydrogen (secondary N) is 1. The van der Waals surface area contributed by atoms with Gasteiger partial charge in [-0.15, -0.1) is 0 Å². The molecule has 1 aromatic rings. The highest BCUT2D eigenvalue weighted by atomic mass is 16.4. The molecule has 5 heteroatoms. The van der Waals surface area contributed by atoms with Crippen LogP contribution in [0.3, 0.4) is 0 Å². The monoisotopic (exact) mass is 244 g/mol. The number of aliphatic carboxylic acids is 1. The fraction of sp³-hybridized carbons (Fsp3) is 0.308.